The number of methoxy groups -OCH3 is 1. The van der Waals surface area contributed by atoms with Crippen LogP contribution in [0.25, 0.3) is 28.3 Å². The van der Waals surface area contributed by atoms with Crippen LogP contribution in [-0.4, -0.2) is 60.0 Å². The van der Waals surface area contributed by atoms with E-state index in [0.29, 0.717) is 47.3 Å². The van der Waals surface area contributed by atoms with Crippen molar-refractivity contribution in [1.29, 1.82) is 0 Å². The summed E-state index contributed by atoms with van der Waals surface area (Å²) in [5, 5.41) is 6.87. The van der Waals surface area contributed by atoms with E-state index in [1.165, 1.54) is 6.08 Å². The van der Waals surface area contributed by atoms with Gasteiger partial charge in [0.2, 0.25) is 5.91 Å². The lowest BCUT2D eigenvalue weighted by Gasteiger charge is -2.27. The van der Waals surface area contributed by atoms with E-state index in [1.54, 1.807) is 43.8 Å². The summed E-state index contributed by atoms with van der Waals surface area (Å²) in [5.41, 5.74) is 9.02. The van der Waals surface area contributed by atoms with Crippen molar-refractivity contribution < 1.29 is 18.7 Å². The molecule has 3 aromatic heterocycles. The molecule has 0 radical (unpaired) electrons. The Morgan fingerprint density at radius 2 is 1.97 bits per heavy atom. The van der Waals surface area contributed by atoms with Gasteiger partial charge in [0.1, 0.15) is 11.6 Å². The first-order valence-corrected chi connectivity index (χ1v) is 12.2. The highest BCUT2D eigenvalue weighted by molar-refractivity contribution is 5.95. The van der Waals surface area contributed by atoms with E-state index in [-0.39, 0.29) is 18.4 Å². The number of nitrogens with zero attached hydrogens (tertiary/aromatic N) is 3. The summed E-state index contributed by atoms with van der Waals surface area (Å²) in [6, 6.07) is 12.7. The van der Waals surface area contributed by atoms with Crippen LogP contribution in [-0.2, 0) is 11.3 Å². The van der Waals surface area contributed by atoms with Crippen molar-refractivity contribution >= 4 is 34.7 Å². The van der Waals surface area contributed by atoms with Crippen LogP contribution in [0.2, 0.25) is 0 Å². The summed E-state index contributed by atoms with van der Waals surface area (Å²) in [7, 11) is 1.57. The van der Waals surface area contributed by atoms with Crippen LogP contribution < -0.4 is 21.1 Å². The Morgan fingerprint density at radius 1 is 1.13 bits per heavy atom. The molecule has 1 aromatic carbocycles. The second-order valence-electron chi connectivity index (χ2n) is 8.85. The number of carbonyl (C=O) groups is 2. The fourth-order valence-corrected chi connectivity index (χ4v) is 4.22. The molecule has 0 unspecified atom stereocenters. The van der Waals surface area contributed by atoms with Gasteiger partial charge in [-0.2, -0.15) is 0 Å². The van der Waals surface area contributed by atoms with Gasteiger partial charge >= 0.3 is 0 Å². The van der Waals surface area contributed by atoms with Crippen molar-refractivity contribution in [2.45, 2.75) is 6.54 Å². The topological polar surface area (TPSA) is 136 Å². The molecule has 10 heteroatoms. The molecule has 0 atom stereocenters. The lowest BCUT2D eigenvalue weighted by molar-refractivity contribution is -0.116. The third-order valence-electron chi connectivity index (χ3n) is 6.24. The number of carbonyl (C=O) groups excluding carboxylic acids is 2. The van der Waals surface area contributed by atoms with Gasteiger partial charge < -0.3 is 30.4 Å². The molecule has 194 valence electrons. The number of rotatable bonds is 7. The maximum absolute atomic E-state index is 12.7. The fraction of sp³-hybridized carbons (Fsp3) is 0.214. The Morgan fingerprint density at radius 3 is 2.68 bits per heavy atom. The average Bonchev–Trinajstić information content (AvgIpc) is 3.38. The molecule has 2 amide bonds. The van der Waals surface area contributed by atoms with Crippen LogP contribution in [0.15, 0.2) is 65.4 Å². The predicted octanol–water partition coefficient (Wildman–Crippen LogP) is 2.86. The number of amides is 2. The zero-order chi connectivity index (χ0) is 26.5. The van der Waals surface area contributed by atoms with Crippen LogP contribution in [0.4, 0.5) is 5.82 Å². The predicted molar refractivity (Wildman–Crippen MR) is 144 cm³/mol. The highest BCUT2D eigenvalue weighted by Crippen LogP contribution is 2.34. The number of nitrogens with one attached hydrogen (secondary N) is 2. The Labute approximate surface area is 219 Å². The third-order valence-corrected chi connectivity index (χ3v) is 6.24. The van der Waals surface area contributed by atoms with Crippen molar-refractivity contribution in [3.8, 4) is 17.0 Å². The Hall–Kier alpha value is -4.70. The molecule has 4 heterocycles. The highest BCUT2D eigenvalue weighted by Gasteiger charge is 2.19. The second-order valence-corrected chi connectivity index (χ2v) is 8.85. The van der Waals surface area contributed by atoms with Gasteiger partial charge in [0.05, 0.1) is 24.9 Å². The number of fused-ring (bicyclic) bond motifs is 1. The smallest absolute Gasteiger partial charge is 0.255 e. The van der Waals surface area contributed by atoms with Crippen LogP contribution in [0, 0.1) is 0 Å². The first-order chi connectivity index (χ1) is 18.5. The van der Waals surface area contributed by atoms with E-state index in [2.05, 4.69) is 20.6 Å². The van der Waals surface area contributed by atoms with Gasteiger partial charge in [-0.05, 0) is 54.1 Å². The summed E-state index contributed by atoms with van der Waals surface area (Å²) in [6.07, 6.45) is 6.29. The van der Waals surface area contributed by atoms with Gasteiger partial charge in [-0.25, -0.2) is 4.98 Å². The summed E-state index contributed by atoms with van der Waals surface area (Å²) in [6.45, 7) is 3.18. The quantitative estimate of drug-likeness (QED) is 0.322. The minimum Gasteiger partial charge on any atom is -0.493 e. The normalized spacial score (nSPS) is 13.7. The molecule has 1 aliphatic heterocycles. The van der Waals surface area contributed by atoms with Crippen LogP contribution in [0.5, 0.6) is 5.75 Å². The van der Waals surface area contributed by atoms with Crippen molar-refractivity contribution in [2.75, 3.05) is 39.0 Å². The summed E-state index contributed by atoms with van der Waals surface area (Å²) >= 11 is 0. The number of hydrogen-bond donors (Lipinski definition) is 3. The molecular weight excluding hydrogens is 484 g/mol. The van der Waals surface area contributed by atoms with E-state index >= 15 is 0 Å². The summed E-state index contributed by atoms with van der Waals surface area (Å²) in [5.74, 6) is 1.27. The summed E-state index contributed by atoms with van der Waals surface area (Å²) < 4.78 is 11.5. The maximum atomic E-state index is 12.7. The lowest BCUT2D eigenvalue weighted by Crippen LogP contribution is -2.46. The minimum absolute atomic E-state index is 0.0138. The third kappa shape index (κ3) is 5.65. The summed E-state index contributed by atoms with van der Waals surface area (Å²) in [4.78, 5) is 35.4. The number of nitrogen functional groups attached to an aromatic ring is 1. The molecule has 4 aromatic rings. The highest BCUT2D eigenvalue weighted by atomic mass is 16.5. The monoisotopic (exact) mass is 512 g/mol. The van der Waals surface area contributed by atoms with E-state index in [4.69, 9.17) is 14.9 Å². The molecule has 0 saturated carbocycles. The molecule has 38 heavy (non-hydrogen) atoms. The largest absolute Gasteiger partial charge is 0.493 e. The molecule has 1 saturated heterocycles. The van der Waals surface area contributed by atoms with Crippen molar-refractivity contribution in [1.82, 2.24) is 25.5 Å². The number of furan rings is 1. The zero-order valence-electron chi connectivity index (χ0n) is 20.9. The number of piperazine rings is 1. The maximum Gasteiger partial charge on any atom is 0.255 e. The Kier molecular flexibility index (Phi) is 7.32. The molecule has 0 spiro atoms. The Balaban J connectivity index is 1.29. The first-order valence-electron chi connectivity index (χ1n) is 12.2. The van der Waals surface area contributed by atoms with Gasteiger partial charge in [0.15, 0.2) is 11.3 Å². The molecule has 5 rings (SSSR count). The molecule has 4 N–H and O–H groups in total. The minimum atomic E-state index is -0.269. The fourth-order valence-electron chi connectivity index (χ4n) is 4.22. The SMILES string of the molecule is COc1cc(-c2ccc(C(=O)N3CCNCC3)cn2)cc2cc(CNC(=O)C=Cc3ccc(N)nc3)oc12. The van der Waals surface area contributed by atoms with Gasteiger partial charge in [-0.15, -0.1) is 0 Å². The van der Waals surface area contributed by atoms with Gasteiger partial charge in [-0.3, -0.25) is 14.6 Å². The zero-order valence-corrected chi connectivity index (χ0v) is 20.9. The van der Waals surface area contributed by atoms with Gasteiger partial charge in [0.25, 0.3) is 5.91 Å². The molecule has 1 aliphatic rings. The molecule has 10 nitrogen and oxygen atoms in total. The van der Waals surface area contributed by atoms with Crippen LogP contribution in [0.3, 0.4) is 0 Å². The molecule has 0 bridgehead atoms. The number of ether oxygens (including phenoxy) is 1. The van der Waals surface area contributed by atoms with Crippen molar-refractivity contribution in [2.24, 2.45) is 0 Å². The lowest BCUT2D eigenvalue weighted by atomic mass is 10.1. The first kappa shape index (κ1) is 25.0. The molecule has 0 aliphatic carbocycles. The standard InChI is InChI=1S/C28H28N6O4/c1-37-24-14-20(23-5-4-19(16-31-23)28(36)34-10-8-30-9-11-34)12-21-13-22(38-27(21)24)17-33-26(35)7-3-18-2-6-25(29)32-15-18/h2-7,12-16,30H,8-11,17H2,1H3,(H2,29,32)(H,33,35). The number of pyridine rings is 2. The number of nitrogens with two attached hydrogens (primary N) is 1. The van der Waals surface area contributed by atoms with E-state index in [9.17, 15) is 9.59 Å². The number of aromatic nitrogens is 2. The molecule has 1 fully saturated rings. The van der Waals surface area contributed by atoms with Crippen molar-refractivity contribution in [3.05, 3.63) is 77.8 Å². The van der Waals surface area contributed by atoms with E-state index < -0.39 is 0 Å². The number of anilines is 1. The number of benzene rings is 1. The van der Waals surface area contributed by atoms with Gasteiger partial charge in [0, 0.05) is 55.6 Å². The van der Waals surface area contributed by atoms with Crippen LogP contribution >= 0.6 is 0 Å². The Bertz CT molecular complexity index is 1470. The van der Waals surface area contributed by atoms with Crippen molar-refractivity contribution in [3.63, 3.8) is 0 Å². The van der Waals surface area contributed by atoms with E-state index in [1.807, 2.05) is 29.2 Å². The van der Waals surface area contributed by atoms with E-state index in [0.717, 1.165) is 29.6 Å². The van der Waals surface area contributed by atoms with Gasteiger partial charge in [-0.1, -0.05) is 0 Å². The average molecular weight is 513 g/mol. The second kappa shape index (κ2) is 11.1. The van der Waals surface area contributed by atoms with Crippen LogP contribution in [0.1, 0.15) is 21.7 Å². The number of hydrogen-bond acceptors (Lipinski definition) is 8. The molecular formula is C28H28N6O4.